The van der Waals surface area contributed by atoms with Gasteiger partial charge in [0, 0.05) is 30.0 Å². The second-order valence-electron chi connectivity index (χ2n) is 4.18. The molecule has 0 amide bonds. The van der Waals surface area contributed by atoms with Gasteiger partial charge in [-0.2, -0.15) is 0 Å². The van der Waals surface area contributed by atoms with Gasteiger partial charge in [-0.1, -0.05) is 15.9 Å². The van der Waals surface area contributed by atoms with Crippen LogP contribution < -0.4 is 0 Å². The van der Waals surface area contributed by atoms with E-state index in [4.69, 9.17) is 4.74 Å². The van der Waals surface area contributed by atoms with Crippen molar-refractivity contribution in [2.75, 3.05) is 25.1 Å². The van der Waals surface area contributed by atoms with Crippen molar-refractivity contribution in [1.29, 1.82) is 0 Å². The maximum Gasteiger partial charge on any atom is 0.144 e. The summed E-state index contributed by atoms with van der Waals surface area (Å²) in [7, 11) is 0. The average molecular weight is 385 g/mol. The first kappa shape index (κ1) is 14.4. The van der Waals surface area contributed by atoms with Crippen LogP contribution >= 0.6 is 31.9 Å². The molecule has 0 bridgehead atoms. The Morgan fingerprint density at radius 1 is 1.39 bits per heavy atom. The fraction of sp³-hybridized carbons (Fsp3) is 0.500. The lowest BCUT2D eigenvalue weighted by Crippen LogP contribution is -2.46. The largest absolute Gasteiger partial charge is 0.378 e. The van der Waals surface area contributed by atoms with Gasteiger partial charge in [0.25, 0.3) is 0 Å². The lowest BCUT2D eigenvalue weighted by atomic mass is 10.1. The Kier molecular flexibility index (Phi) is 5.12. The third kappa shape index (κ3) is 3.10. The summed E-state index contributed by atoms with van der Waals surface area (Å²) in [5, 5.41) is 0.726. The van der Waals surface area contributed by atoms with Crippen molar-refractivity contribution < 1.29 is 13.5 Å². The summed E-state index contributed by atoms with van der Waals surface area (Å²) in [6.07, 6.45) is 0. The number of nitrogens with zero attached hydrogens (tertiary/aromatic N) is 1. The van der Waals surface area contributed by atoms with Crippen molar-refractivity contribution in [3.8, 4) is 0 Å². The molecule has 0 aliphatic carbocycles. The Bertz CT molecular complexity index is 431. The Hall–Kier alpha value is -0.0400. The van der Waals surface area contributed by atoms with Crippen molar-refractivity contribution in [1.82, 2.24) is 4.90 Å². The smallest absolute Gasteiger partial charge is 0.144 e. The highest BCUT2D eigenvalue weighted by atomic mass is 79.9. The van der Waals surface area contributed by atoms with E-state index in [-0.39, 0.29) is 18.2 Å². The van der Waals surface area contributed by atoms with E-state index >= 15 is 0 Å². The SMILES string of the molecule is Fc1ccc(Br)c(F)c1CN1CCOCC1CBr. The van der Waals surface area contributed by atoms with Gasteiger partial charge in [0.2, 0.25) is 0 Å². The molecular weight excluding hydrogens is 372 g/mol. The molecule has 6 heteroatoms. The molecule has 1 aromatic rings. The van der Waals surface area contributed by atoms with Gasteiger partial charge in [0.05, 0.1) is 17.7 Å². The molecule has 1 aliphatic rings. The second kappa shape index (κ2) is 6.41. The van der Waals surface area contributed by atoms with Crippen molar-refractivity contribution in [2.45, 2.75) is 12.6 Å². The fourth-order valence-corrected chi connectivity index (χ4v) is 2.92. The summed E-state index contributed by atoms with van der Waals surface area (Å²) in [4.78, 5) is 2.03. The van der Waals surface area contributed by atoms with Gasteiger partial charge in [-0.25, -0.2) is 8.78 Å². The van der Waals surface area contributed by atoms with Crippen molar-refractivity contribution in [2.24, 2.45) is 0 Å². The van der Waals surface area contributed by atoms with Gasteiger partial charge in [-0.15, -0.1) is 0 Å². The predicted octanol–water partition coefficient (Wildman–Crippen LogP) is 3.32. The molecule has 1 unspecified atom stereocenters. The molecule has 0 N–H and O–H groups in total. The molecule has 1 saturated heterocycles. The maximum atomic E-state index is 13.9. The van der Waals surface area contributed by atoms with Crippen LogP contribution in [0.25, 0.3) is 0 Å². The van der Waals surface area contributed by atoms with Gasteiger partial charge in [-0.3, -0.25) is 4.90 Å². The van der Waals surface area contributed by atoms with Crippen LogP contribution in [-0.4, -0.2) is 36.0 Å². The van der Waals surface area contributed by atoms with Gasteiger partial charge in [0.15, 0.2) is 0 Å². The van der Waals surface area contributed by atoms with Crippen LogP contribution in [0.2, 0.25) is 0 Å². The highest BCUT2D eigenvalue weighted by Gasteiger charge is 2.24. The summed E-state index contributed by atoms with van der Waals surface area (Å²) >= 11 is 6.48. The normalized spacial score (nSPS) is 21.2. The summed E-state index contributed by atoms with van der Waals surface area (Å²) in [5.74, 6) is -1.02. The minimum Gasteiger partial charge on any atom is -0.378 e. The number of morpholine rings is 1. The monoisotopic (exact) mass is 383 g/mol. The van der Waals surface area contributed by atoms with E-state index in [0.717, 1.165) is 5.33 Å². The van der Waals surface area contributed by atoms with Crippen LogP contribution in [0.15, 0.2) is 16.6 Å². The van der Waals surface area contributed by atoms with Gasteiger partial charge < -0.3 is 4.74 Å². The predicted molar refractivity (Wildman–Crippen MR) is 72.9 cm³/mol. The van der Waals surface area contributed by atoms with E-state index in [2.05, 4.69) is 31.9 Å². The topological polar surface area (TPSA) is 12.5 Å². The van der Waals surface area contributed by atoms with E-state index in [0.29, 0.717) is 24.2 Å². The number of alkyl halides is 1. The molecule has 1 aliphatic heterocycles. The molecule has 0 spiro atoms. The Morgan fingerprint density at radius 3 is 2.89 bits per heavy atom. The van der Waals surface area contributed by atoms with Crippen LogP contribution in [0.1, 0.15) is 5.56 Å². The number of hydrogen-bond donors (Lipinski definition) is 0. The summed E-state index contributed by atoms with van der Waals surface area (Å²) in [6, 6.07) is 2.82. The van der Waals surface area contributed by atoms with Crippen LogP contribution in [0.3, 0.4) is 0 Å². The molecular formula is C12H13Br2F2NO. The highest BCUT2D eigenvalue weighted by molar-refractivity contribution is 9.10. The number of benzene rings is 1. The van der Waals surface area contributed by atoms with Crippen LogP contribution in [-0.2, 0) is 11.3 Å². The van der Waals surface area contributed by atoms with Gasteiger partial charge >= 0.3 is 0 Å². The van der Waals surface area contributed by atoms with Crippen LogP contribution in [0.4, 0.5) is 8.78 Å². The van der Waals surface area contributed by atoms with E-state index in [1.165, 1.54) is 12.1 Å². The van der Waals surface area contributed by atoms with E-state index in [1.54, 1.807) is 0 Å². The van der Waals surface area contributed by atoms with E-state index in [9.17, 15) is 8.78 Å². The lowest BCUT2D eigenvalue weighted by Gasteiger charge is -2.34. The highest BCUT2D eigenvalue weighted by Crippen LogP contribution is 2.24. The lowest BCUT2D eigenvalue weighted by molar-refractivity contribution is -0.00304. The van der Waals surface area contributed by atoms with E-state index in [1.807, 2.05) is 4.90 Å². The first-order valence-electron chi connectivity index (χ1n) is 5.63. The Morgan fingerprint density at radius 2 is 2.17 bits per heavy atom. The molecule has 100 valence electrons. The zero-order valence-corrected chi connectivity index (χ0v) is 12.8. The molecule has 0 saturated carbocycles. The first-order chi connectivity index (χ1) is 8.63. The summed E-state index contributed by atoms with van der Waals surface area (Å²) in [6.45, 7) is 2.13. The van der Waals surface area contributed by atoms with Gasteiger partial charge in [0.1, 0.15) is 11.6 Å². The van der Waals surface area contributed by atoms with Crippen molar-refractivity contribution in [3.05, 3.63) is 33.8 Å². The maximum absolute atomic E-state index is 13.9. The first-order valence-corrected chi connectivity index (χ1v) is 7.55. The Balaban J connectivity index is 2.20. The minimum absolute atomic E-state index is 0.109. The summed E-state index contributed by atoms with van der Waals surface area (Å²) < 4.78 is 33.2. The molecule has 0 radical (unpaired) electrons. The quantitative estimate of drug-likeness (QED) is 0.585. The van der Waals surface area contributed by atoms with Crippen molar-refractivity contribution >= 4 is 31.9 Å². The Labute approximate surface area is 122 Å². The van der Waals surface area contributed by atoms with Crippen LogP contribution in [0.5, 0.6) is 0 Å². The zero-order chi connectivity index (χ0) is 13.1. The fourth-order valence-electron chi connectivity index (χ4n) is 1.96. The van der Waals surface area contributed by atoms with E-state index < -0.39 is 11.6 Å². The molecule has 1 fully saturated rings. The van der Waals surface area contributed by atoms with Gasteiger partial charge in [-0.05, 0) is 28.1 Å². The second-order valence-corrected chi connectivity index (χ2v) is 5.68. The number of hydrogen-bond acceptors (Lipinski definition) is 2. The van der Waals surface area contributed by atoms with Crippen molar-refractivity contribution in [3.63, 3.8) is 0 Å². The number of halogens is 4. The molecule has 0 aromatic heterocycles. The molecule has 1 heterocycles. The standard InChI is InChI=1S/C12H13Br2F2NO/c13-5-8-7-18-4-3-17(8)6-9-11(15)2-1-10(14)12(9)16/h1-2,8H,3-7H2. The summed E-state index contributed by atoms with van der Waals surface area (Å²) in [5.41, 5.74) is 0.109. The molecule has 18 heavy (non-hydrogen) atoms. The average Bonchev–Trinajstić information content (AvgIpc) is 2.39. The number of rotatable bonds is 3. The molecule has 2 rings (SSSR count). The molecule has 1 atom stereocenters. The third-order valence-corrected chi connectivity index (χ3v) is 4.39. The minimum atomic E-state index is -0.519. The zero-order valence-electron chi connectivity index (χ0n) is 9.63. The number of ether oxygens (including phenoxy) is 1. The molecule has 2 nitrogen and oxygen atoms in total. The molecule has 1 aromatic carbocycles. The van der Waals surface area contributed by atoms with Crippen LogP contribution in [0, 0.1) is 11.6 Å². The third-order valence-electron chi connectivity index (χ3n) is 3.03.